The number of carbonyl (C=O) groups excluding carboxylic acids is 1. The highest BCUT2D eigenvalue weighted by atomic mass is 32.2. The molecule has 0 saturated heterocycles. The van der Waals surface area contributed by atoms with Crippen LogP contribution in [0.15, 0.2) is 71.3 Å². The van der Waals surface area contributed by atoms with Crippen LogP contribution in [-0.2, 0) is 4.79 Å². The van der Waals surface area contributed by atoms with E-state index in [1.165, 1.54) is 28.7 Å². The Labute approximate surface area is 177 Å². The molecular formula is C22H20N4OS2. The molecule has 0 bridgehead atoms. The van der Waals surface area contributed by atoms with Crippen molar-refractivity contribution < 1.29 is 4.79 Å². The molecule has 0 radical (unpaired) electrons. The Morgan fingerprint density at radius 1 is 1.14 bits per heavy atom. The topological polar surface area (TPSA) is 59.8 Å². The first-order valence-electron chi connectivity index (χ1n) is 9.16. The largest absolute Gasteiger partial charge is 0.301 e. The number of rotatable bonds is 6. The Kier molecular flexibility index (Phi) is 5.78. The number of nitrogens with one attached hydrogen (secondary N) is 1. The molecule has 0 saturated carbocycles. The van der Waals surface area contributed by atoms with Gasteiger partial charge in [-0.2, -0.15) is 0 Å². The van der Waals surface area contributed by atoms with E-state index in [0.29, 0.717) is 5.13 Å². The van der Waals surface area contributed by atoms with Gasteiger partial charge >= 0.3 is 0 Å². The summed E-state index contributed by atoms with van der Waals surface area (Å²) in [6, 6.07) is 18.4. The number of hydrogen-bond donors (Lipinski definition) is 1. The molecule has 0 atom stereocenters. The summed E-state index contributed by atoms with van der Waals surface area (Å²) in [6.07, 6.45) is 1.67. The van der Waals surface area contributed by atoms with Gasteiger partial charge in [0, 0.05) is 28.5 Å². The van der Waals surface area contributed by atoms with Crippen LogP contribution >= 0.6 is 23.1 Å². The number of hydrogen-bond acceptors (Lipinski definition) is 5. The summed E-state index contributed by atoms with van der Waals surface area (Å²) in [7, 11) is 0. The number of aromatic nitrogens is 3. The number of amides is 1. The standard InChI is InChI=1S/C22H20N4OS2/c1-15-7-6-10-18(13-15)26-16(2)20(17-8-4-3-5-9-17)25-22(26)29-14-19(27)24-21-23-11-12-28-21/h3-13H,14H2,1-2H3,(H,23,24,27). The van der Waals surface area contributed by atoms with Crippen molar-refractivity contribution in [2.24, 2.45) is 0 Å². The number of aryl methyl sites for hydroxylation is 1. The van der Waals surface area contributed by atoms with Gasteiger partial charge in [-0.25, -0.2) is 9.97 Å². The van der Waals surface area contributed by atoms with Crippen LogP contribution in [0.2, 0.25) is 0 Å². The van der Waals surface area contributed by atoms with E-state index in [2.05, 4.69) is 59.0 Å². The SMILES string of the molecule is Cc1cccc(-n2c(SCC(=O)Nc3nccs3)nc(-c3ccccc3)c2C)c1. The molecule has 0 aliphatic heterocycles. The second-order valence-corrected chi connectivity index (χ2v) is 8.38. The van der Waals surface area contributed by atoms with E-state index in [-0.39, 0.29) is 11.7 Å². The summed E-state index contributed by atoms with van der Waals surface area (Å²) in [6.45, 7) is 4.14. The van der Waals surface area contributed by atoms with Crippen molar-refractivity contribution in [3.63, 3.8) is 0 Å². The fourth-order valence-electron chi connectivity index (χ4n) is 3.08. The predicted molar refractivity (Wildman–Crippen MR) is 120 cm³/mol. The van der Waals surface area contributed by atoms with Gasteiger partial charge in [0.25, 0.3) is 0 Å². The van der Waals surface area contributed by atoms with Crippen molar-refractivity contribution in [3.8, 4) is 16.9 Å². The van der Waals surface area contributed by atoms with Crippen molar-refractivity contribution in [2.75, 3.05) is 11.1 Å². The molecule has 7 heteroatoms. The maximum atomic E-state index is 12.3. The van der Waals surface area contributed by atoms with Gasteiger partial charge in [-0.1, -0.05) is 54.2 Å². The van der Waals surface area contributed by atoms with Gasteiger partial charge in [0.15, 0.2) is 10.3 Å². The van der Waals surface area contributed by atoms with Crippen molar-refractivity contribution in [1.29, 1.82) is 0 Å². The van der Waals surface area contributed by atoms with Crippen molar-refractivity contribution >= 4 is 34.1 Å². The Hall–Kier alpha value is -2.90. The first-order valence-corrected chi connectivity index (χ1v) is 11.0. The van der Waals surface area contributed by atoms with Crippen LogP contribution in [0.5, 0.6) is 0 Å². The Morgan fingerprint density at radius 2 is 1.97 bits per heavy atom. The minimum atomic E-state index is -0.0948. The van der Waals surface area contributed by atoms with E-state index < -0.39 is 0 Å². The van der Waals surface area contributed by atoms with Gasteiger partial charge in [-0.15, -0.1) is 11.3 Å². The molecule has 5 nitrogen and oxygen atoms in total. The lowest BCUT2D eigenvalue weighted by Gasteiger charge is -2.11. The van der Waals surface area contributed by atoms with Gasteiger partial charge < -0.3 is 5.32 Å². The van der Waals surface area contributed by atoms with E-state index in [4.69, 9.17) is 4.98 Å². The number of carbonyl (C=O) groups is 1. The summed E-state index contributed by atoms with van der Waals surface area (Å²) in [5.41, 5.74) is 5.25. The van der Waals surface area contributed by atoms with Gasteiger partial charge in [-0.05, 0) is 31.5 Å². The minimum Gasteiger partial charge on any atom is -0.301 e. The number of thioether (sulfide) groups is 1. The minimum absolute atomic E-state index is 0.0948. The maximum Gasteiger partial charge on any atom is 0.236 e. The lowest BCUT2D eigenvalue weighted by atomic mass is 10.1. The molecule has 0 fully saturated rings. The summed E-state index contributed by atoms with van der Waals surface area (Å²) in [5.74, 6) is 0.165. The van der Waals surface area contributed by atoms with E-state index in [9.17, 15) is 4.79 Å². The Balaban J connectivity index is 1.67. The molecule has 1 N–H and O–H groups in total. The van der Waals surface area contributed by atoms with Crippen LogP contribution in [0.25, 0.3) is 16.9 Å². The third-order valence-electron chi connectivity index (χ3n) is 4.39. The number of nitrogens with zero attached hydrogens (tertiary/aromatic N) is 3. The van der Waals surface area contributed by atoms with E-state index in [0.717, 1.165) is 27.8 Å². The lowest BCUT2D eigenvalue weighted by molar-refractivity contribution is -0.113. The number of thiazole rings is 1. The fourth-order valence-corrected chi connectivity index (χ4v) is 4.49. The average Bonchev–Trinajstić information content (AvgIpc) is 3.34. The van der Waals surface area contributed by atoms with Crippen LogP contribution in [0.1, 0.15) is 11.3 Å². The zero-order valence-corrected chi connectivity index (χ0v) is 17.8. The molecule has 4 rings (SSSR count). The van der Waals surface area contributed by atoms with Crippen LogP contribution in [0.3, 0.4) is 0 Å². The normalized spacial score (nSPS) is 10.8. The summed E-state index contributed by atoms with van der Waals surface area (Å²) in [5, 5.41) is 6.06. The molecular weight excluding hydrogens is 400 g/mol. The first kappa shape index (κ1) is 19.4. The van der Waals surface area contributed by atoms with Crippen LogP contribution in [-0.4, -0.2) is 26.2 Å². The predicted octanol–water partition coefficient (Wildman–Crippen LogP) is 5.34. The fraction of sp³-hybridized carbons (Fsp3) is 0.136. The monoisotopic (exact) mass is 420 g/mol. The molecule has 2 heterocycles. The Morgan fingerprint density at radius 3 is 2.69 bits per heavy atom. The third-order valence-corrected chi connectivity index (χ3v) is 6.02. The zero-order valence-electron chi connectivity index (χ0n) is 16.1. The molecule has 2 aromatic carbocycles. The van der Waals surface area contributed by atoms with E-state index >= 15 is 0 Å². The van der Waals surface area contributed by atoms with Crippen LogP contribution < -0.4 is 5.32 Å². The van der Waals surface area contributed by atoms with Gasteiger partial charge in [-0.3, -0.25) is 9.36 Å². The highest BCUT2D eigenvalue weighted by molar-refractivity contribution is 7.99. The van der Waals surface area contributed by atoms with Crippen LogP contribution in [0.4, 0.5) is 5.13 Å². The molecule has 146 valence electrons. The number of anilines is 1. The molecule has 0 unspecified atom stereocenters. The highest BCUT2D eigenvalue weighted by Gasteiger charge is 2.18. The molecule has 0 spiro atoms. The van der Waals surface area contributed by atoms with Gasteiger partial charge in [0.05, 0.1) is 11.4 Å². The maximum absolute atomic E-state index is 12.3. The quantitative estimate of drug-likeness (QED) is 0.428. The Bertz CT molecular complexity index is 1120. The second kappa shape index (κ2) is 8.63. The van der Waals surface area contributed by atoms with E-state index in [1.807, 2.05) is 29.6 Å². The first-order chi connectivity index (χ1) is 14.1. The molecule has 2 aromatic heterocycles. The van der Waals surface area contributed by atoms with Crippen LogP contribution in [0, 0.1) is 13.8 Å². The highest BCUT2D eigenvalue weighted by Crippen LogP contribution is 2.31. The van der Waals surface area contributed by atoms with Crippen molar-refractivity contribution in [1.82, 2.24) is 14.5 Å². The zero-order chi connectivity index (χ0) is 20.2. The van der Waals surface area contributed by atoms with E-state index in [1.54, 1.807) is 6.20 Å². The lowest BCUT2D eigenvalue weighted by Crippen LogP contribution is -2.14. The molecule has 29 heavy (non-hydrogen) atoms. The smallest absolute Gasteiger partial charge is 0.236 e. The molecule has 4 aromatic rings. The second-order valence-electron chi connectivity index (χ2n) is 6.54. The summed E-state index contributed by atoms with van der Waals surface area (Å²) in [4.78, 5) is 21.3. The number of benzene rings is 2. The summed E-state index contributed by atoms with van der Waals surface area (Å²) >= 11 is 2.83. The molecule has 0 aliphatic carbocycles. The van der Waals surface area contributed by atoms with Gasteiger partial charge in [0.2, 0.25) is 5.91 Å². The average molecular weight is 421 g/mol. The van der Waals surface area contributed by atoms with Crippen molar-refractivity contribution in [2.45, 2.75) is 19.0 Å². The molecule has 1 amide bonds. The van der Waals surface area contributed by atoms with Crippen molar-refractivity contribution in [3.05, 3.63) is 77.4 Å². The third kappa shape index (κ3) is 4.41. The number of imidazole rings is 1. The molecule has 0 aliphatic rings. The van der Waals surface area contributed by atoms with Gasteiger partial charge in [0.1, 0.15) is 0 Å². The summed E-state index contributed by atoms with van der Waals surface area (Å²) < 4.78 is 2.12.